The van der Waals surface area contributed by atoms with E-state index in [1.807, 2.05) is 0 Å². The van der Waals surface area contributed by atoms with Crippen molar-refractivity contribution in [3.8, 4) is 0 Å². The van der Waals surface area contributed by atoms with Gasteiger partial charge in [-0.25, -0.2) is 0 Å². The monoisotopic (exact) mass is 404 g/mol. The Bertz CT molecular complexity index is 856. The first-order valence-electron chi connectivity index (χ1n) is 9.44. The minimum Gasteiger partial charge on any atom is -0.481 e. The molecule has 2 amide bonds. The van der Waals surface area contributed by atoms with E-state index in [0.717, 1.165) is 36.1 Å². The van der Waals surface area contributed by atoms with E-state index in [4.69, 9.17) is 9.52 Å². The Balaban J connectivity index is 1.80. The second-order valence-corrected chi connectivity index (χ2v) is 8.03. The molecule has 2 aromatic rings. The number of aliphatic carboxylic acids is 1. The molecule has 150 valence electrons. The lowest BCUT2D eigenvalue weighted by atomic mass is 9.85. The average Bonchev–Trinajstić information content (AvgIpc) is 3.31. The quantitative estimate of drug-likeness (QED) is 0.623. The molecule has 1 aliphatic carbocycles. The number of nitrogens with one attached hydrogen (secondary N) is 2. The van der Waals surface area contributed by atoms with Gasteiger partial charge in [0.05, 0.1) is 24.8 Å². The zero-order chi connectivity index (χ0) is 20.1. The molecular weight excluding hydrogens is 380 g/mol. The van der Waals surface area contributed by atoms with E-state index < -0.39 is 11.9 Å². The molecule has 3 N–H and O–H groups in total. The van der Waals surface area contributed by atoms with Crippen LogP contribution in [0.15, 0.2) is 22.8 Å². The Kier molecular flexibility index (Phi) is 6.51. The Morgan fingerprint density at radius 2 is 2.14 bits per heavy atom. The number of hydrogen-bond acceptors (Lipinski definition) is 5. The maximum atomic E-state index is 12.9. The first-order chi connectivity index (χ1) is 13.5. The van der Waals surface area contributed by atoms with Gasteiger partial charge in [-0.05, 0) is 42.9 Å². The molecule has 0 unspecified atom stereocenters. The molecule has 0 aliphatic heterocycles. The molecule has 2 heterocycles. The topological polar surface area (TPSA) is 109 Å². The van der Waals surface area contributed by atoms with Gasteiger partial charge in [-0.2, -0.15) is 0 Å². The Morgan fingerprint density at radius 3 is 2.82 bits per heavy atom. The number of hydrogen-bond donors (Lipinski definition) is 3. The van der Waals surface area contributed by atoms with E-state index >= 15 is 0 Å². The maximum Gasteiger partial charge on any atom is 0.303 e. The number of fused-ring (bicyclic) bond motifs is 1. The molecule has 3 rings (SSSR count). The van der Waals surface area contributed by atoms with Crippen molar-refractivity contribution in [1.82, 2.24) is 5.32 Å². The molecule has 0 fully saturated rings. The van der Waals surface area contributed by atoms with Crippen LogP contribution in [0.4, 0.5) is 5.00 Å². The van der Waals surface area contributed by atoms with Gasteiger partial charge in [-0.3, -0.25) is 14.4 Å². The molecule has 1 atom stereocenters. The van der Waals surface area contributed by atoms with E-state index in [0.29, 0.717) is 22.2 Å². The van der Waals surface area contributed by atoms with Gasteiger partial charge in [0, 0.05) is 11.3 Å². The molecule has 0 bridgehead atoms. The molecule has 7 nitrogen and oxygen atoms in total. The lowest BCUT2D eigenvalue weighted by molar-refractivity contribution is -0.138. The fraction of sp³-hybridized carbons (Fsp3) is 0.450. The predicted octanol–water partition coefficient (Wildman–Crippen LogP) is 3.59. The van der Waals surface area contributed by atoms with E-state index in [-0.39, 0.29) is 25.3 Å². The second-order valence-electron chi connectivity index (χ2n) is 6.93. The average molecular weight is 404 g/mol. The van der Waals surface area contributed by atoms with E-state index in [2.05, 4.69) is 17.6 Å². The normalized spacial score (nSPS) is 15.7. The van der Waals surface area contributed by atoms with Crippen LogP contribution in [-0.4, -0.2) is 22.9 Å². The first-order valence-corrected chi connectivity index (χ1v) is 10.3. The highest BCUT2D eigenvalue weighted by Crippen LogP contribution is 2.40. The zero-order valence-electron chi connectivity index (χ0n) is 15.7. The van der Waals surface area contributed by atoms with Crippen LogP contribution < -0.4 is 10.6 Å². The molecule has 0 aromatic carbocycles. The van der Waals surface area contributed by atoms with E-state index in [1.165, 1.54) is 11.3 Å². The number of thiophene rings is 1. The summed E-state index contributed by atoms with van der Waals surface area (Å²) in [6, 6.07) is 3.54. The first kappa shape index (κ1) is 20.1. The van der Waals surface area contributed by atoms with Crippen molar-refractivity contribution < 1.29 is 23.9 Å². The van der Waals surface area contributed by atoms with Gasteiger partial charge in [0.25, 0.3) is 5.91 Å². The lowest BCUT2D eigenvalue weighted by Gasteiger charge is -2.21. The molecular formula is C20H24N2O5S. The SMILES string of the molecule is CC[C@@H]1CCc2c(sc(NC(=O)CCC(=O)O)c2C(=O)NCc2ccco2)C1. The van der Waals surface area contributed by atoms with Crippen LogP contribution in [0.5, 0.6) is 0 Å². The third-order valence-corrected chi connectivity index (χ3v) is 6.16. The van der Waals surface area contributed by atoms with Crippen molar-refractivity contribution in [2.24, 2.45) is 5.92 Å². The molecule has 28 heavy (non-hydrogen) atoms. The van der Waals surface area contributed by atoms with E-state index in [1.54, 1.807) is 18.4 Å². The summed E-state index contributed by atoms with van der Waals surface area (Å²) in [6.45, 7) is 2.43. The van der Waals surface area contributed by atoms with Crippen molar-refractivity contribution in [2.75, 3.05) is 5.32 Å². The number of carbonyl (C=O) groups excluding carboxylic acids is 2. The van der Waals surface area contributed by atoms with Gasteiger partial charge in [0.2, 0.25) is 5.91 Å². The number of carboxylic acids is 1. The molecule has 0 radical (unpaired) electrons. The highest BCUT2D eigenvalue weighted by Gasteiger charge is 2.29. The molecule has 0 spiro atoms. The van der Waals surface area contributed by atoms with Crippen molar-refractivity contribution >= 4 is 34.1 Å². The minimum absolute atomic E-state index is 0.122. The number of furan rings is 1. The zero-order valence-corrected chi connectivity index (χ0v) is 16.6. The Morgan fingerprint density at radius 1 is 1.32 bits per heavy atom. The predicted molar refractivity (Wildman–Crippen MR) is 106 cm³/mol. The molecule has 1 aliphatic rings. The van der Waals surface area contributed by atoms with Gasteiger partial charge in [-0.15, -0.1) is 11.3 Å². The van der Waals surface area contributed by atoms with Crippen molar-refractivity contribution in [1.29, 1.82) is 0 Å². The van der Waals surface area contributed by atoms with Crippen LogP contribution in [0.1, 0.15) is 59.2 Å². The van der Waals surface area contributed by atoms with Crippen LogP contribution in [-0.2, 0) is 29.0 Å². The summed E-state index contributed by atoms with van der Waals surface area (Å²) in [5.74, 6) is -0.440. The highest BCUT2D eigenvalue weighted by atomic mass is 32.1. The van der Waals surface area contributed by atoms with Crippen LogP contribution in [0.2, 0.25) is 0 Å². The number of carboxylic acid groups (broad SMARTS) is 1. The van der Waals surface area contributed by atoms with Crippen LogP contribution in [0.3, 0.4) is 0 Å². The van der Waals surface area contributed by atoms with Crippen molar-refractivity contribution in [3.63, 3.8) is 0 Å². The van der Waals surface area contributed by atoms with Crippen LogP contribution >= 0.6 is 11.3 Å². The second kappa shape index (κ2) is 9.05. The van der Waals surface area contributed by atoms with E-state index in [9.17, 15) is 14.4 Å². The highest BCUT2D eigenvalue weighted by molar-refractivity contribution is 7.17. The van der Waals surface area contributed by atoms with Crippen molar-refractivity contribution in [2.45, 2.75) is 52.0 Å². The number of amides is 2. The number of carbonyl (C=O) groups is 3. The Labute approximate surface area is 167 Å². The van der Waals surface area contributed by atoms with Gasteiger partial charge < -0.3 is 20.2 Å². The third kappa shape index (κ3) is 4.81. The fourth-order valence-electron chi connectivity index (χ4n) is 3.41. The summed E-state index contributed by atoms with van der Waals surface area (Å²) in [7, 11) is 0. The third-order valence-electron chi connectivity index (χ3n) is 4.99. The smallest absolute Gasteiger partial charge is 0.303 e. The standard InChI is InChI=1S/C20H24N2O5S/c1-2-12-5-6-14-15(10-12)28-20(22-16(23)7-8-17(24)25)18(14)19(26)21-11-13-4-3-9-27-13/h3-4,9,12H,2,5-8,10-11H2,1H3,(H,21,26)(H,22,23)(H,24,25)/t12-/m1/s1. The lowest BCUT2D eigenvalue weighted by Crippen LogP contribution is -2.26. The van der Waals surface area contributed by atoms with Gasteiger partial charge in [0.15, 0.2) is 0 Å². The van der Waals surface area contributed by atoms with Crippen LogP contribution in [0, 0.1) is 5.92 Å². The Hall–Kier alpha value is -2.61. The number of anilines is 1. The summed E-state index contributed by atoms with van der Waals surface area (Å²) < 4.78 is 5.25. The van der Waals surface area contributed by atoms with Crippen molar-refractivity contribution in [3.05, 3.63) is 40.2 Å². The molecule has 8 heteroatoms. The summed E-state index contributed by atoms with van der Waals surface area (Å²) in [5, 5.41) is 14.9. The van der Waals surface area contributed by atoms with Gasteiger partial charge in [-0.1, -0.05) is 13.3 Å². The minimum atomic E-state index is -1.03. The summed E-state index contributed by atoms with van der Waals surface area (Å²) in [4.78, 5) is 36.9. The molecule has 0 saturated heterocycles. The largest absolute Gasteiger partial charge is 0.481 e. The fourth-order valence-corrected chi connectivity index (χ4v) is 4.79. The molecule has 0 saturated carbocycles. The van der Waals surface area contributed by atoms with Gasteiger partial charge >= 0.3 is 5.97 Å². The summed E-state index contributed by atoms with van der Waals surface area (Å²) in [5.41, 5.74) is 1.50. The summed E-state index contributed by atoms with van der Waals surface area (Å²) >= 11 is 1.43. The van der Waals surface area contributed by atoms with Gasteiger partial charge in [0.1, 0.15) is 10.8 Å². The maximum absolute atomic E-state index is 12.9. The number of rotatable bonds is 8. The summed E-state index contributed by atoms with van der Waals surface area (Å²) in [6.07, 6.45) is 4.99. The van der Waals surface area contributed by atoms with Crippen LogP contribution in [0.25, 0.3) is 0 Å². The molecule has 2 aromatic heterocycles.